The summed E-state index contributed by atoms with van der Waals surface area (Å²) in [5, 5.41) is 3.42. The van der Waals surface area contributed by atoms with Crippen molar-refractivity contribution < 1.29 is 4.79 Å². The van der Waals surface area contributed by atoms with Crippen LogP contribution in [-0.2, 0) is 4.79 Å². The van der Waals surface area contributed by atoms with E-state index in [1.807, 2.05) is 4.90 Å². The van der Waals surface area contributed by atoms with Crippen LogP contribution in [0.4, 0.5) is 0 Å². The van der Waals surface area contributed by atoms with Crippen LogP contribution < -0.4 is 5.32 Å². The van der Waals surface area contributed by atoms with Crippen molar-refractivity contribution in [2.75, 3.05) is 52.4 Å². The maximum Gasteiger partial charge on any atom is 0.239 e. The number of hydrogen-bond acceptors (Lipinski definition) is 3. The van der Waals surface area contributed by atoms with Gasteiger partial charge in [0.05, 0.1) is 6.04 Å². The molecule has 2 saturated heterocycles. The zero-order valence-corrected chi connectivity index (χ0v) is 19.4. The molecular formula is C19H38IN5O. The average Bonchev–Trinajstić information content (AvgIpc) is 3.14. The molecule has 0 aromatic rings. The largest absolute Gasteiger partial charge is 0.357 e. The Morgan fingerprint density at radius 3 is 2.15 bits per heavy atom. The molecule has 0 saturated carbocycles. The van der Waals surface area contributed by atoms with Gasteiger partial charge in [0.1, 0.15) is 0 Å². The monoisotopic (exact) mass is 479 g/mol. The predicted molar refractivity (Wildman–Crippen MR) is 119 cm³/mol. The number of amides is 1. The number of carbonyl (C=O) groups is 1. The number of rotatable bonds is 6. The van der Waals surface area contributed by atoms with Crippen LogP contribution in [-0.4, -0.2) is 85.0 Å². The van der Waals surface area contributed by atoms with Crippen LogP contribution in [0.5, 0.6) is 0 Å². The number of nitrogens with one attached hydrogen (secondary N) is 1. The fraction of sp³-hybridized carbons (Fsp3) is 0.895. The Kier molecular flexibility index (Phi) is 10.8. The number of halogens is 1. The third-order valence-electron chi connectivity index (χ3n) is 5.24. The van der Waals surface area contributed by atoms with Crippen LogP contribution in [0.1, 0.15) is 47.0 Å². The molecule has 1 unspecified atom stereocenters. The number of guanidine groups is 1. The summed E-state index contributed by atoms with van der Waals surface area (Å²) in [7, 11) is 0. The fourth-order valence-corrected chi connectivity index (χ4v) is 3.53. The van der Waals surface area contributed by atoms with E-state index in [0.717, 1.165) is 77.6 Å². The normalized spacial score (nSPS) is 20.3. The lowest BCUT2D eigenvalue weighted by Crippen LogP contribution is -2.57. The van der Waals surface area contributed by atoms with E-state index in [1.54, 1.807) is 0 Å². The first-order valence-electron chi connectivity index (χ1n) is 10.1. The van der Waals surface area contributed by atoms with Gasteiger partial charge in [-0.2, -0.15) is 0 Å². The van der Waals surface area contributed by atoms with Gasteiger partial charge < -0.3 is 15.1 Å². The molecule has 26 heavy (non-hydrogen) atoms. The van der Waals surface area contributed by atoms with Gasteiger partial charge in [-0.3, -0.25) is 14.7 Å². The number of carbonyl (C=O) groups excluding carboxylic acids is 1. The fourth-order valence-electron chi connectivity index (χ4n) is 3.53. The molecule has 1 amide bonds. The van der Waals surface area contributed by atoms with Crippen molar-refractivity contribution in [2.45, 2.75) is 53.0 Å². The lowest BCUT2D eigenvalue weighted by molar-refractivity contribution is -0.135. The summed E-state index contributed by atoms with van der Waals surface area (Å²) in [5.74, 6) is 2.02. The highest BCUT2D eigenvalue weighted by Gasteiger charge is 2.30. The second-order valence-electron chi connectivity index (χ2n) is 7.65. The van der Waals surface area contributed by atoms with Crippen molar-refractivity contribution in [3.05, 3.63) is 0 Å². The summed E-state index contributed by atoms with van der Waals surface area (Å²) in [6.07, 6.45) is 3.44. The zero-order chi connectivity index (χ0) is 18.2. The number of nitrogens with zero attached hydrogens (tertiary/aromatic N) is 4. The second-order valence-corrected chi connectivity index (χ2v) is 7.65. The Balaban J connectivity index is 0.00000338. The zero-order valence-electron chi connectivity index (χ0n) is 17.0. The summed E-state index contributed by atoms with van der Waals surface area (Å²) in [5.41, 5.74) is 0. The number of aliphatic imine (C=N–C) groups is 1. The molecule has 0 aliphatic carbocycles. The summed E-state index contributed by atoms with van der Waals surface area (Å²) in [6.45, 7) is 16.0. The van der Waals surface area contributed by atoms with Crippen LogP contribution in [0, 0.1) is 5.92 Å². The van der Waals surface area contributed by atoms with E-state index in [4.69, 9.17) is 4.99 Å². The molecule has 2 fully saturated rings. The van der Waals surface area contributed by atoms with E-state index < -0.39 is 0 Å². The minimum atomic E-state index is 0. The van der Waals surface area contributed by atoms with Gasteiger partial charge in [-0.15, -0.1) is 24.0 Å². The molecule has 0 spiro atoms. The van der Waals surface area contributed by atoms with Crippen molar-refractivity contribution in [1.82, 2.24) is 20.0 Å². The smallest absolute Gasteiger partial charge is 0.239 e. The molecule has 1 atom stereocenters. The molecule has 0 aromatic carbocycles. The molecule has 0 radical (unpaired) electrons. The van der Waals surface area contributed by atoms with E-state index in [9.17, 15) is 4.79 Å². The molecule has 0 aromatic heterocycles. The Morgan fingerprint density at radius 2 is 1.62 bits per heavy atom. The van der Waals surface area contributed by atoms with Crippen LogP contribution in [0.25, 0.3) is 0 Å². The van der Waals surface area contributed by atoms with Gasteiger partial charge in [-0.05, 0) is 39.0 Å². The Labute approximate surface area is 176 Å². The minimum absolute atomic E-state index is 0. The van der Waals surface area contributed by atoms with Crippen molar-refractivity contribution in [1.29, 1.82) is 0 Å². The Bertz CT molecular complexity index is 443. The molecule has 152 valence electrons. The van der Waals surface area contributed by atoms with Crippen LogP contribution in [0.15, 0.2) is 4.99 Å². The molecule has 6 nitrogen and oxygen atoms in total. The quantitative estimate of drug-likeness (QED) is 0.361. The highest BCUT2D eigenvalue weighted by atomic mass is 127. The van der Waals surface area contributed by atoms with Gasteiger partial charge in [-0.25, -0.2) is 0 Å². The molecular weight excluding hydrogens is 441 g/mol. The summed E-state index contributed by atoms with van der Waals surface area (Å²) in [6, 6.07) is 0.000661. The molecule has 2 aliphatic heterocycles. The lowest BCUT2D eigenvalue weighted by atomic mass is 10.1. The minimum Gasteiger partial charge on any atom is -0.357 e. The van der Waals surface area contributed by atoms with E-state index in [-0.39, 0.29) is 30.0 Å². The van der Waals surface area contributed by atoms with Gasteiger partial charge in [0, 0.05) is 52.4 Å². The van der Waals surface area contributed by atoms with E-state index in [0.29, 0.717) is 11.8 Å². The summed E-state index contributed by atoms with van der Waals surface area (Å²) in [4.78, 5) is 24.1. The van der Waals surface area contributed by atoms with Crippen molar-refractivity contribution >= 4 is 35.8 Å². The predicted octanol–water partition coefficient (Wildman–Crippen LogP) is 2.24. The maximum absolute atomic E-state index is 12.6. The van der Waals surface area contributed by atoms with Gasteiger partial charge in [0.15, 0.2) is 5.96 Å². The van der Waals surface area contributed by atoms with E-state index >= 15 is 0 Å². The molecule has 2 rings (SSSR count). The van der Waals surface area contributed by atoms with Crippen molar-refractivity contribution in [3.8, 4) is 0 Å². The van der Waals surface area contributed by atoms with E-state index in [2.05, 4.69) is 42.8 Å². The molecule has 2 aliphatic rings. The first-order valence-corrected chi connectivity index (χ1v) is 10.1. The molecule has 2 heterocycles. The van der Waals surface area contributed by atoms with Gasteiger partial charge >= 0.3 is 0 Å². The van der Waals surface area contributed by atoms with E-state index in [1.165, 1.54) is 0 Å². The highest BCUT2D eigenvalue weighted by Crippen LogP contribution is 2.14. The third kappa shape index (κ3) is 6.87. The number of likely N-dealkylation sites (tertiary alicyclic amines) is 1. The maximum atomic E-state index is 12.6. The first kappa shape index (κ1) is 23.5. The van der Waals surface area contributed by atoms with Gasteiger partial charge in [0.25, 0.3) is 0 Å². The van der Waals surface area contributed by atoms with Gasteiger partial charge in [0.2, 0.25) is 5.91 Å². The Morgan fingerprint density at radius 1 is 1.00 bits per heavy atom. The Hall–Kier alpha value is -0.570. The topological polar surface area (TPSA) is 51.2 Å². The third-order valence-corrected chi connectivity index (χ3v) is 5.24. The van der Waals surface area contributed by atoms with Crippen molar-refractivity contribution in [2.24, 2.45) is 10.9 Å². The highest BCUT2D eigenvalue weighted by molar-refractivity contribution is 14.0. The van der Waals surface area contributed by atoms with Crippen LogP contribution in [0.3, 0.4) is 0 Å². The molecule has 1 N–H and O–H groups in total. The summed E-state index contributed by atoms with van der Waals surface area (Å²) >= 11 is 0. The number of piperazine rings is 1. The first-order chi connectivity index (χ1) is 12.0. The SMILES string of the molecule is CCNC(=NCCC(C)C)N1CCN(C(C)C(=O)N2CCCC2)CC1.I. The van der Waals surface area contributed by atoms with Crippen molar-refractivity contribution in [3.63, 3.8) is 0 Å². The molecule has 7 heteroatoms. The van der Waals surface area contributed by atoms with Gasteiger partial charge in [-0.1, -0.05) is 13.8 Å². The number of hydrogen-bond donors (Lipinski definition) is 1. The molecule has 0 bridgehead atoms. The van der Waals surface area contributed by atoms with Crippen LogP contribution >= 0.6 is 24.0 Å². The summed E-state index contributed by atoms with van der Waals surface area (Å²) < 4.78 is 0. The average molecular weight is 479 g/mol. The van der Waals surface area contributed by atoms with Crippen LogP contribution in [0.2, 0.25) is 0 Å². The standard InChI is InChI=1S/C19H37N5O.HI/c1-5-20-19(21-9-8-16(2)3)24-14-12-22(13-15-24)17(4)18(25)23-10-6-7-11-23;/h16-17H,5-15H2,1-4H3,(H,20,21);1H. The lowest BCUT2D eigenvalue weighted by Gasteiger charge is -2.39. The second kappa shape index (κ2) is 12.0.